The van der Waals surface area contributed by atoms with E-state index in [1.54, 1.807) is 4.90 Å². The first-order valence-corrected chi connectivity index (χ1v) is 10.2. The van der Waals surface area contributed by atoms with Crippen LogP contribution in [0.2, 0.25) is 0 Å². The fourth-order valence-corrected chi connectivity index (χ4v) is 4.79. The average molecular weight is 395 g/mol. The van der Waals surface area contributed by atoms with Crippen molar-refractivity contribution < 1.29 is 24.1 Å². The second-order valence-corrected chi connectivity index (χ2v) is 8.10. The molecule has 0 aromatic heterocycles. The van der Waals surface area contributed by atoms with Crippen molar-refractivity contribution in [2.45, 2.75) is 24.0 Å². The first kappa shape index (κ1) is 18.6. The summed E-state index contributed by atoms with van der Waals surface area (Å²) in [6.07, 6.45) is 0.0397. The summed E-state index contributed by atoms with van der Waals surface area (Å²) < 4.78 is 17.4. The standard InChI is InChI=1S/C23H25NO5/c25-11-16-12-27-15-23(29-16)9-10-24(14-23)22(26)28-13-21-19-7-3-1-5-17(19)18-6-2-4-8-20(18)21/h1-8,16,21,25H,9-15H2. The number of nitrogens with zero attached hydrogens (tertiary/aromatic N) is 1. The normalized spacial score (nSPS) is 25.8. The van der Waals surface area contributed by atoms with E-state index in [1.165, 1.54) is 22.3 Å². The van der Waals surface area contributed by atoms with Gasteiger partial charge in [0.05, 0.1) is 26.4 Å². The Hall–Kier alpha value is -2.41. The van der Waals surface area contributed by atoms with Gasteiger partial charge in [0.25, 0.3) is 0 Å². The lowest BCUT2D eigenvalue weighted by Crippen LogP contribution is -2.50. The molecule has 6 nitrogen and oxygen atoms in total. The largest absolute Gasteiger partial charge is 0.448 e. The van der Waals surface area contributed by atoms with E-state index in [4.69, 9.17) is 14.2 Å². The molecule has 2 aromatic carbocycles. The first-order valence-electron chi connectivity index (χ1n) is 10.2. The van der Waals surface area contributed by atoms with Gasteiger partial charge in [0.2, 0.25) is 0 Å². The number of rotatable bonds is 3. The topological polar surface area (TPSA) is 68.2 Å². The number of aliphatic hydroxyl groups is 1. The summed E-state index contributed by atoms with van der Waals surface area (Å²) in [7, 11) is 0. The maximum absolute atomic E-state index is 12.8. The summed E-state index contributed by atoms with van der Waals surface area (Å²) in [5.74, 6) is 0.0518. The van der Waals surface area contributed by atoms with Crippen molar-refractivity contribution in [2.24, 2.45) is 0 Å². The minimum absolute atomic E-state index is 0.0518. The summed E-state index contributed by atoms with van der Waals surface area (Å²) in [5.41, 5.74) is 4.31. The molecule has 5 rings (SSSR count). The number of carbonyl (C=O) groups is 1. The molecule has 6 heteroatoms. The van der Waals surface area contributed by atoms with Crippen LogP contribution >= 0.6 is 0 Å². The van der Waals surface area contributed by atoms with Crippen molar-refractivity contribution in [2.75, 3.05) is 39.5 Å². The quantitative estimate of drug-likeness (QED) is 0.866. The third-order valence-electron chi connectivity index (χ3n) is 6.20. The molecule has 1 N–H and O–H groups in total. The zero-order valence-electron chi connectivity index (χ0n) is 16.3. The SMILES string of the molecule is O=C(OCC1c2ccccc2-c2ccccc21)N1CCC2(COCC(CO)O2)C1. The van der Waals surface area contributed by atoms with E-state index in [0.717, 1.165) is 0 Å². The van der Waals surface area contributed by atoms with Crippen molar-refractivity contribution in [1.82, 2.24) is 4.90 Å². The van der Waals surface area contributed by atoms with Crippen molar-refractivity contribution in [3.63, 3.8) is 0 Å². The Morgan fingerprint density at radius 2 is 1.83 bits per heavy atom. The highest BCUT2D eigenvalue weighted by Gasteiger charge is 2.45. The number of carbonyl (C=O) groups excluding carboxylic acids is 1. The number of hydrogen-bond donors (Lipinski definition) is 1. The second-order valence-electron chi connectivity index (χ2n) is 8.10. The number of aliphatic hydroxyl groups excluding tert-OH is 1. The first-order chi connectivity index (χ1) is 14.2. The summed E-state index contributed by atoms with van der Waals surface area (Å²) in [6, 6.07) is 16.6. The van der Waals surface area contributed by atoms with Crippen LogP contribution in [-0.4, -0.2) is 67.3 Å². The molecule has 1 spiro atoms. The molecule has 0 bridgehead atoms. The van der Waals surface area contributed by atoms with Crippen LogP contribution in [0.4, 0.5) is 4.79 Å². The highest BCUT2D eigenvalue weighted by molar-refractivity contribution is 5.79. The Morgan fingerprint density at radius 1 is 1.14 bits per heavy atom. The van der Waals surface area contributed by atoms with Crippen molar-refractivity contribution >= 4 is 6.09 Å². The second kappa shape index (κ2) is 7.44. The fourth-order valence-electron chi connectivity index (χ4n) is 4.79. The predicted molar refractivity (Wildman–Crippen MR) is 107 cm³/mol. The maximum Gasteiger partial charge on any atom is 0.409 e. The third kappa shape index (κ3) is 3.31. The smallest absolute Gasteiger partial charge is 0.409 e. The number of amides is 1. The van der Waals surface area contributed by atoms with E-state index in [2.05, 4.69) is 24.3 Å². The van der Waals surface area contributed by atoms with Gasteiger partial charge in [-0.25, -0.2) is 4.79 Å². The molecule has 1 aliphatic carbocycles. The molecule has 29 heavy (non-hydrogen) atoms. The van der Waals surface area contributed by atoms with Crippen LogP contribution in [0.3, 0.4) is 0 Å². The Labute approximate surface area is 170 Å². The summed E-state index contributed by atoms with van der Waals surface area (Å²) in [6.45, 7) is 2.07. The molecule has 3 aliphatic rings. The summed E-state index contributed by atoms with van der Waals surface area (Å²) >= 11 is 0. The molecule has 2 aliphatic heterocycles. The zero-order valence-corrected chi connectivity index (χ0v) is 16.3. The van der Waals surface area contributed by atoms with Crippen molar-refractivity contribution in [1.29, 1.82) is 0 Å². The average Bonchev–Trinajstić information content (AvgIpc) is 3.31. The molecule has 0 saturated carbocycles. The lowest BCUT2D eigenvalue weighted by atomic mass is 9.98. The number of benzene rings is 2. The number of hydrogen-bond acceptors (Lipinski definition) is 5. The Balaban J connectivity index is 1.26. The molecule has 2 fully saturated rings. The minimum Gasteiger partial charge on any atom is -0.448 e. The summed E-state index contributed by atoms with van der Waals surface area (Å²) in [4.78, 5) is 14.5. The molecule has 152 valence electrons. The van der Waals surface area contributed by atoms with Gasteiger partial charge in [-0.2, -0.15) is 0 Å². The molecule has 2 aromatic rings. The van der Waals surface area contributed by atoms with Gasteiger partial charge in [-0.3, -0.25) is 0 Å². The Morgan fingerprint density at radius 3 is 2.52 bits per heavy atom. The molecule has 0 radical (unpaired) electrons. The van der Waals surface area contributed by atoms with Crippen molar-refractivity contribution in [3.8, 4) is 11.1 Å². The summed E-state index contributed by atoms with van der Waals surface area (Å²) in [5, 5.41) is 9.37. The van der Waals surface area contributed by atoms with Gasteiger partial charge in [0, 0.05) is 12.5 Å². The number of likely N-dealkylation sites (tertiary alicyclic amines) is 1. The number of ether oxygens (including phenoxy) is 3. The van der Waals surface area contributed by atoms with Gasteiger partial charge < -0.3 is 24.2 Å². The van der Waals surface area contributed by atoms with Crippen molar-refractivity contribution in [3.05, 3.63) is 59.7 Å². The van der Waals surface area contributed by atoms with Crippen LogP contribution in [-0.2, 0) is 14.2 Å². The van der Waals surface area contributed by atoms with E-state index in [-0.39, 0.29) is 24.7 Å². The lowest BCUT2D eigenvalue weighted by molar-refractivity contribution is -0.200. The van der Waals surface area contributed by atoms with Gasteiger partial charge in [-0.15, -0.1) is 0 Å². The molecule has 2 unspecified atom stereocenters. The monoisotopic (exact) mass is 395 g/mol. The van der Waals surface area contributed by atoms with Crippen LogP contribution < -0.4 is 0 Å². The molecule has 2 saturated heterocycles. The van der Waals surface area contributed by atoms with E-state index in [9.17, 15) is 9.90 Å². The van der Waals surface area contributed by atoms with Gasteiger partial charge >= 0.3 is 6.09 Å². The van der Waals surface area contributed by atoms with Crippen LogP contribution in [0, 0.1) is 0 Å². The third-order valence-corrected chi connectivity index (χ3v) is 6.20. The van der Waals surface area contributed by atoms with Gasteiger partial charge in [0.1, 0.15) is 18.3 Å². The lowest BCUT2D eigenvalue weighted by Gasteiger charge is -2.37. The maximum atomic E-state index is 12.8. The van der Waals surface area contributed by atoms with E-state index in [0.29, 0.717) is 39.3 Å². The highest BCUT2D eigenvalue weighted by Crippen LogP contribution is 2.44. The Kier molecular flexibility index (Phi) is 4.78. The van der Waals surface area contributed by atoms with Gasteiger partial charge in [-0.1, -0.05) is 48.5 Å². The van der Waals surface area contributed by atoms with Crippen LogP contribution in [0.25, 0.3) is 11.1 Å². The van der Waals surface area contributed by atoms with Gasteiger partial charge in [-0.05, 0) is 28.7 Å². The van der Waals surface area contributed by atoms with Crippen LogP contribution in [0.5, 0.6) is 0 Å². The highest BCUT2D eigenvalue weighted by atomic mass is 16.6. The van der Waals surface area contributed by atoms with E-state index >= 15 is 0 Å². The zero-order chi connectivity index (χ0) is 19.8. The molecule has 2 atom stereocenters. The predicted octanol–water partition coefficient (Wildman–Crippen LogP) is 2.79. The Bertz CT molecular complexity index is 870. The van der Waals surface area contributed by atoms with E-state index in [1.807, 2.05) is 24.3 Å². The minimum atomic E-state index is -0.531. The number of fused-ring (bicyclic) bond motifs is 3. The van der Waals surface area contributed by atoms with Gasteiger partial charge in [0.15, 0.2) is 0 Å². The fraction of sp³-hybridized carbons (Fsp3) is 0.435. The van der Waals surface area contributed by atoms with Crippen LogP contribution in [0.1, 0.15) is 23.5 Å². The molecule has 2 heterocycles. The van der Waals surface area contributed by atoms with E-state index < -0.39 is 5.60 Å². The molecular formula is C23H25NO5. The van der Waals surface area contributed by atoms with Crippen LogP contribution in [0.15, 0.2) is 48.5 Å². The molecule has 1 amide bonds. The molecular weight excluding hydrogens is 370 g/mol.